The molecule has 9 heteroatoms. The van der Waals surface area contributed by atoms with Crippen LogP contribution in [0, 0.1) is 10.1 Å². The van der Waals surface area contributed by atoms with Crippen LogP contribution in [-0.2, 0) is 14.3 Å². The van der Waals surface area contributed by atoms with Crippen LogP contribution < -0.4 is 14.8 Å². The van der Waals surface area contributed by atoms with Gasteiger partial charge in [-0.05, 0) is 49.4 Å². The number of Topliss-reactive ketones (excluding diaryl/α,β-unsaturated/α-hetero) is 1. The summed E-state index contributed by atoms with van der Waals surface area (Å²) in [4.78, 5) is 37.3. The molecule has 1 heterocycles. The molecule has 2 aromatic carbocycles. The van der Waals surface area contributed by atoms with E-state index in [0.29, 0.717) is 40.3 Å². The number of nitrogens with zero attached hydrogens (tertiary/aromatic N) is 1. The molecule has 2 atom stereocenters. The van der Waals surface area contributed by atoms with Crippen LogP contribution >= 0.6 is 0 Å². The highest BCUT2D eigenvalue weighted by Gasteiger charge is 2.41. The van der Waals surface area contributed by atoms with Gasteiger partial charge in [-0.15, -0.1) is 0 Å². The number of ketones is 1. The largest absolute Gasteiger partial charge is 0.493 e. The first-order chi connectivity index (χ1) is 17.3. The number of hydrogen-bond acceptors (Lipinski definition) is 8. The van der Waals surface area contributed by atoms with Gasteiger partial charge in [0.1, 0.15) is 0 Å². The van der Waals surface area contributed by atoms with E-state index in [1.807, 2.05) is 18.2 Å². The highest BCUT2D eigenvalue weighted by atomic mass is 16.6. The van der Waals surface area contributed by atoms with Crippen molar-refractivity contribution in [3.8, 4) is 11.5 Å². The zero-order valence-corrected chi connectivity index (χ0v) is 20.6. The van der Waals surface area contributed by atoms with E-state index in [1.54, 1.807) is 40.2 Å². The molecule has 1 aliphatic heterocycles. The molecule has 9 nitrogen and oxygen atoms in total. The summed E-state index contributed by atoms with van der Waals surface area (Å²) >= 11 is 0. The van der Waals surface area contributed by atoms with Crippen LogP contribution in [0.15, 0.2) is 65.0 Å². The lowest BCUT2D eigenvalue weighted by Crippen LogP contribution is -2.36. The van der Waals surface area contributed by atoms with Gasteiger partial charge >= 0.3 is 5.97 Å². The minimum atomic E-state index is -0.681. The van der Waals surface area contributed by atoms with E-state index in [2.05, 4.69) is 5.32 Å². The zero-order chi connectivity index (χ0) is 26.0. The lowest BCUT2D eigenvalue weighted by atomic mass is 9.71. The summed E-state index contributed by atoms with van der Waals surface area (Å²) in [6.07, 6.45) is 0.794. The summed E-state index contributed by atoms with van der Waals surface area (Å²) in [6.45, 7) is 3.68. The lowest BCUT2D eigenvalue weighted by molar-refractivity contribution is -0.384. The van der Waals surface area contributed by atoms with E-state index in [-0.39, 0.29) is 30.4 Å². The van der Waals surface area contributed by atoms with E-state index in [4.69, 9.17) is 14.2 Å². The lowest BCUT2D eigenvalue weighted by Gasteiger charge is -2.36. The zero-order valence-electron chi connectivity index (χ0n) is 20.6. The summed E-state index contributed by atoms with van der Waals surface area (Å²) in [5, 5.41) is 14.5. The van der Waals surface area contributed by atoms with Gasteiger partial charge in [0.2, 0.25) is 0 Å². The maximum Gasteiger partial charge on any atom is 0.336 e. The van der Waals surface area contributed by atoms with Crippen molar-refractivity contribution in [1.29, 1.82) is 0 Å². The fraction of sp³-hybridized carbons (Fsp3) is 0.333. The minimum absolute atomic E-state index is 0.0660. The maximum absolute atomic E-state index is 13.6. The molecule has 2 aromatic rings. The molecule has 0 radical (unpaired) electrons. The van der Waals surface area contributed by atoms with Gasteiger partial charge in [-0.2, -0.15) is 0 Å². The number of dihydropyridines is 1. The molecule has 2 aliphatic rings. The van der Waals surface area contributed by atoms with Crippen LogP contribution in [0.5, 0.6) is 11.5 Å². The minimum Gasteiger partial charge on any atom is -0.493 e. The molecule has 188 valence electrons. The Bertz CT molecular complexity index is 1280. The van der Waals surface area contributed by atoms with Gasteiger partial charge in [0.15, 0.2) is 17.3 Å². The fourth-order valence-electron chi connectivity index (χ4n) is 4.98. The van der Waals surface area contributed by atoms with Crippen molar-refractivity contribution < 1.29 is 28.7 Å². The molecule has 36 heavy (non-hydrogen) atoms. The first-order valence-corrected chi connectivity index (χ1v) is 11.7. The Morgan fingerprint density at radius 2 is 1.72 bits per heavy atom. The molecule has 0 saturated carbocycles. The van der Waals surface area contributed by atoms with E-state index in [9.17, 15) is 19.7 Å². The van der Waals surface area contributed by atoms with E-state index >= 15 is 0 Å². The number of non-ortho nitro benzene ring substituents is 1. The van der Waals surface area contributed by atoms with Crippen LogP contribution in [0.4, 0.5) is 5.69 Å². The van der Waals surface area contributed by atoms with Crippen LogP contribution in [-0.4, -0.2) is 37.5 Å². The Labute approximate surface area is 208 Å². The Morgan fingerprint density at radius 1 is 1.06 bits per heavy atom. The summed E-state index contributed by atoms with van der Waals surface area (Å²) in [6, 6.07) is 11.6. The molecule has 0 unspecified atom stereocenters. The molecule has 1 N–H and O–H groups in total. The van der Waals surface area contributed by atoms with Gasteiger partial charge in [0, 0.05) is 41.4 Å². The van der Waals surface area contributed by atoms with Crippen molar-refractivity contribution in [1.82, 2.24) is 5.32 Å². The van der Waals surface area contributed by atoms with Crippen molar-refractivity contribution in [2.24, 2.45) is 0 Å². The van der Waals surface area contributed by atoms with Gasteiger partial charge < -0.3 is 19.5 Å². The number of benzene rings is 2. The third kappa shape index (κ3) is 4.56. The van der Waals surface area contributed by atoms with Gasteiger partial charge in [0.25, 0.3) is 5.69 Å². The number of hydrogen-bond donors (Lipinski definition) is 1. The number of nitro groups is 1. The standard InChI is InChI=1S/C27H28N2O7/c1-5-36-27(31)24-15(2)28-20-12-18(17-8-11-22(34-3)23(14-17)35-4)13-21(30)26(20)25(24)16-6-9-19(10-7-16)29(32)33/h6-11,14,18,25,28H,5,12-13H2,1-4H3/t18-,25+/m0/s1. The molecule has 0 saturated heterocycles. The second-order valence-electron chi connectivity index (χ2n) is 8.70. The monoisotopic (exact) mass is 492 g/mol. The molecule has 0 aromatic heterocycles. The Morgan fingerprint density at radius 3 is 2.33 bits per heavy atom. The summed E-state index contributed by atoms with van der Waals surface area (Å²) in [7, 11) is 3.14. The second-order valence-corrected chi connectivity index (χ2v) is 8.70. The van der Waals surface area contributed by atoms with Crippen molar-refractivity contribution in [3.05, 3.63) is 86.2 Å². The molecule has 0 spiro atoms. The average Bonchev–Trinajstić information content (AvgIpc) is 2.87. The SMILES string of the molecule is CCOC(=O)C1=C(C)NC2=C(C(=O)C[C@@H](c3ccc(OC)c(OC)c3)C2)[C@@H]1c1ccc([N+](=O)[O-])cc1. The molecule has 0 amide bonds. The van der Waals surface area contributed by atoms with Crippen molar-refractivity contribution in [2.75, 3.05) is 20.8 Å². The number of rotatable bonds is 7. The molecule has 1 aliphatic carbocycles. The Kier molecular flexibility index (Phi) is 7.10. The normalized spacial score (nSPS) is 19.4. The van der Waals surface area contributed by atoms with Gasteiger partial charge in [0.05, 0.1) is 31.3 Å². The first kappa shape index (κ1) is 25.0. The van der Waals surface area contributed by atoms with Crippen molar-refractivity contribution in [3.63, 3.8) is 0 Å². The molecule has 0 fully saturated rings. The molecular formula is C27H28N2O7. The topological polar surface area (TPSA) is 117 Å². The molecular weight excluding hydrogens is 464 g/mol. The molecule has 0 bridgehead atoms. The number of allylic oxidation sites excluding steroid dienone is 3. The number of carbonyl (C=O) groups excluding carboxylic acids is 2. The van der Waals surface area contributed by atoms with Gasteiger partial charge in [-0.3, -0.25) is 14.9 Å². The van der Waals surface area contributed by atoms with Crippen LogP contribution in [0.3, 0.4) is 0 Å². The predicted octanol–water partition coefficient (Wildman–Crippen LogP) is 4.54. The van der Waals surface area contributed by atoms with Crippen molar-refractivity contribution in [2.45, 2.75) is 38.5 Å². The molecule has 4 rings (SSSR count). The number of nitro benzene ring substituents is 1. The number of methoxy groups -OCH3 is 2. The Hall–Kier alpha value is -4.14. The van der Waals surface area contributed by atoms with Gasteiger partial charge in [-0.25, -0.2) is 4.79 Å². The first-order valence-electron chi connectivity index (χ1n) is 11.7. The van der Waals surface area contributed by atoms with E-state index < -0.39 is 16.8 Å². The average molecular weight is 493 g/mol. The number of carbonyl (C=O) groups is 2. The number of nitrogens with one attached hydrogen (secondary N) is 1. The quantitative estimate of drug-likeness (QED) is 0.340. The third-order valence-corrected chi connectivity index (χ3v) is 6.64. The van der Waals surface area contributed by atoms with Gasteiger partial charge in [-0.1, -0.05) is 18.2 Å². The third-order valence-electron chi connectivity index (χ3n) is 6.64. The second kappa shape index (κ2) is 10.2. The fourth-order valence-corrected chi connectivity index (χ4v) is 4.98. The number of ether oxygens (including phenoxy) is 3. The maximum atomic E-state index is 13.6. The van der Waals surface area contributed by atoms with E-state index in [0.717, 1.165) is 11.3 Å². The predicted molar refractivity (Wildman–Crippen MR) is 132 cm³/mol. The summed E-state index contributed by atoms with van der Waals surface area (Å²) in [5.74, 6) is -0.204. The van der Waals surface area contributed by atoms with Crippen LogP contribution in [0.1, 0.15) is 49.7 Å². The highest BCUT2D eigenvalue weighted by molar-refractivity contribution is 6.04. The summed E-state index contributed by atoms with van der Waals surface area (Å²) < 4.78 is 16.1. The number of esters is 1. The van der Waals surface area contributed by atoms with Crippen LogP contribution in [0.2, 0.25) is 0 Å². The summed E-state index contributed by atoms with van der Waals surface area (Å²) in [5.41, 5.74) is 3.66. The smallest absolute Gasteiger partial charge is 0.336 e. The highest BCUT2D eigenvalue weighted by Crippen LogP contribution is 2.46. The van der Waals surface area contributed by atoms with Crippen molar-refractivity contribution >= 4 is 17.4 Å². The van der Waals surface area contributed by atoms with Crippen LogP contribution in [0.25, 0.3) is 0 Å². The van der Waals surface area contributed by atoms with E-state index in [1.165, 1.54) is 12.1 Å². The Balaban J connectivity index is 1.77.